The molecule has 1 aliphatic rings. The average molecular weight is 423 g/mol. The number of aryl methyl sites for hydroxylation is 1. The number of ether oxygens (including phenoxy) is 1. The molecule has 156 valence electrons. The monoisotopic (exact) mass is 422 g/mol. The van der Waals surface area contributed by atoms with Crippen LogP contribution in [0, 0.1) is 6.92 Å². The summed E-state index contributed by atoms with van der Waals surface area (Å²) in [6, 6.07) is 18.5. The van der Waals surface area contributed by atoms with E-state index in [1.54, 1.807) is 0 Å². The maximum atomic E-state index is 12.3. The first-order valence-corrected chi connectivity index (χ1v) is 11.2. The highest BCUT2D eigenvalue weighted by Gasteiger charge is 2.18. The molecule has 1 atom stereocenters. The smallest absolute Gasteiger partial charge is 0.230 e. The first kappa shape index (κ1) is 20.6. The van der Waals surface area contributed by atoms with E-state index in [2.05, 4.69) is 51.3 Å². The van der Waals surface area contributed by atoms with Crippen molar-refractivity contribution in [3.8, 4) is 5.69 Å². The standard InChI is InChI=1S/C23H26N4O2S/c1-17-7-5-10-19(13-17)27-21(14-18-8-3-2-4-9-18)25-26-23(27)30-16-22(28)24-15-20-11-6-12-29-20/h2-5,7-10,13,20H,6,11-12,14-16H2,1H3,(H,24,28)/t20-/m0/s1. The molecular formula is C23H26N4O2S. The molecule has 0 unspecified atom stereocenters. The summed E-state index contributed by atoms with van der Waals surface area (Å²) in [5, 5.41) is 12.5. The normalized spacial score (nSPS) is 16.0. The Morgan fingerprint density at radius 1 is 1.20 bits per heavy atom. The van der Waals surface area contributed by atoms with Crippen LogP contribution in [0.15, 0.2) is 59.8 Å². The van der Waals surface area contributed by atoms with Crippen LogP contribution in [0.2, 0.25) is 0 Å². The Hall–Kier alpha value is -2.64. The van der Waals surface area contributed by atoms with Crippen molar-refractivity contribution in [2.75, 3.05) is 18.9 Å². The maximum absolute atomic E-state index is 12.3. The highest BCUT2D eigenvalue weighted by molar-refractivity contribution is 7.99. The lowest BCUT2D eigenvalue weighted by Crippen LogP contribution is -2.32. The second-order valence-corrected chi connectivity index (χ2v) is 8.41. The van der Waals surface area contributed by atoms with E-state index >= 15 is 0 Å². The average Bonchev–Trinajstić information content (AvgIpc) is 3.41. The second kappa shape index (κ2) is 9.91. The summed E-state index contributed by atoms with van der Waals surface area (Å²) < 4.78 is 7.62. The summed E-state index contributed by atoms with van der Waals surface area (Å²) in [5.74, 6) is 1.13. The summed E-state index contributed by atoms with van der Waals surface area (Å²) in [6.07, 6.45) is 2.90. The van der Waals surface area contributed by atoms with Gasteiger partial charge in [-0.05, 0) is 43.0 Å². The molecule has 1 amide bonds. The van der Waals surface area contributed by atoms with Gasteiger partial charge in [0.1, 0.15) is 5.82 Å². The molecule has 0 spiro atoms. The van der Waals surface area contributed by atoms with Crippen LogP contribution in [0.3, 0.4) is 0 Å². The Kier molecular flexibility index (Phi) is 6.81. The zero-order chi connectivity index (χ0) is 20.8. The number of amides is 1. The van der Waals surface area contributed by atoms with Gasteiger partial charge in [0.25, 0.3) is 0 Å². The van der Waals surface area contributed by atoms with Crippen molar-refractivity contribution < 1.29 is 9.53 Å². The van der Waals surface area contributed by atoms with Crippen LogP contribution in [-0.4, -0.2) is 45.7 Å². The van der Waals surface area contributed by atoms with Crippen molar-refractivity contribution in [1.82, 2.24) is 20.1 Å². The van der Waals surface area contributed by atoms with Crippen molar-refractivity contribution in [2.45, 2.75) is 37.4 Å². The van der Waals surface area contributed by atoms with Gasteiger partial charge >= 0.3 is 0 Å². The number of nitrogens with zero attached hydrogens (tertiary/aromatic N) is 3. The first-order chi connectivity index (χ1) is 14.7. The minimum absolute atomic E-state index is 0.0149. The number of nitrogens with one attached hydrogen (secondary N) is 1. The Bertz CT molecular complexity index is 984. The van der Waals surface area contributed by atoms with Gasteiger partial charge in [0.05, 0.1) is 11.9 Å². The van der Waals surface area contributed by atoms with Crippen LogP contribution in [0.5, 0.6) is 0 Å². The molecule has 30 heavy (non-hydrogen) atoms. The summed E-state index contributed by atoms with van der Waals surface area (Å²) in [7, 11) is 0. The molecule has 1 aliphatic heterocycles. The van der Waals surface area contributed by atoms with Crippen molar-refractivity contribution in [3.05, 3.63) is 71.5 Å². The molecule has 1 N–H and O–H groups in total. The largest absolute Gasteiger partial charge is 0.376 e. The number of hydrogen-bond acceptors (Lipinski definition) is 5. The van der Waals surface area contributed by atoms with Crippen LogP contribution in [0.1, 0.15) is 29.8 Å². The zero-order valence-corrected chi connectivity index (χ0v) is 17.9. The van der Waals surface area contributed by atoms with Gasteiger partial charge < -0.3 is 10.1 Å². The van der Waals surface area contributed by atoms with E-state index < -0.39 is 0 Å². The number of carbonyl (C=O) groups excluding carboxylic acids is 1. The van der Waals surface area contributed by atoms with Crippen molar-refractivity contribution in [2.24, 2.45) is 0 Å². The van der Waals surface area contributed by atoms with Crippen LogP contribution < -0.4 is 5.32 Å². The predicted molar refractivity (Wildman–Crippen MR) is 118 cm³/mol. The van der Waals surface area contributed by atoms with E-state index in [4.69, 9.17) is 4.74 Å². The number of thioether (sulfide) groups is 1. The van der Waals surface area contributed by atoms with Gasteiger partial charge in [-0.3, -0.25) is 9.36 Å². The van der Waals surface area contributed by atoms with Crippen molar-refractivity contribution in [3.63, 3.8) is 0 Å². The SMILES string of the molecule is Cc1cccc(-n2c(Cc3ccccc3)nnc2SCC(=O)NC[C@@H]2CCCO2)c1. The molecule has 0 radical (unpaired) electrons. The minimum atomic E-state index is -0.0149. The number of aromatic nitrogens is 3. The Balaban J connectivity index is 1.49. The van der Waals surface area contributed by atoms with Crippen molar-refractivity contribution in [1.29, 1.82) is 0 Å². The molecule has 3 aromatic rings. The zero-order valence-electron chi connectivity index (χ0n) is 17.1. The third kappa shape index (κ3) is 5.29. The number of hydrogen-bond donors (Lipinski definition) is 1. The maximum Gasteiger partial charge on any atom is 0.230 e. The predicted octanol–water partition coefficient (Wildman–Crippen LogP) is 3.55. The highest BCUT2D eigenvalue weighted by atomic mass is 32.2. The molecule has 1 aromatic heterocycles. The van der Waals surface area contributed by atoms with Gasteiger partial charge in [-0.25, -0.2) is 0 Å². The third-order valence-electron chi connectivity index (χ3n) is 5.05. The van der Waals surface area contributed by atoms with E-state index in [0.29, 0.717) is 18.7 Å². The summed E-state index contributed by atoms with van der Waals surface area (Å²) in [5.41, 5.74) is 3.34. The van der Waals surface area contributed by atoms with Gasteiger partial charge in [0.2, 0.25) is 5.91 Å². The minimum Gasteiger partial charge on any atom is -0.376 e. The lowest BCUT2D eigenvalue weighted by molar-refractivity contribution is -0.119. The lowest BCUT2D eigenvalue weighted by Gasteiger charge is -2.12. The molecule has 1 saturated heterocycles. The fourth-order valence-corrected chi connectivity index (χ4v) is 4.33. The summed E-state index contributed by atoms with van der Waals surface area (Å²) >= 11 is 1.41. The van der Waals surface area contributed by atoms with E-state index in [9.17, 15) is 4.79 Å². The second-order valence-electron chi connectivity index (χ2n) is 7.46. The molecule has 0 aliphatic carbocycles. The molecule has 7 heteroatoms. The number of carbonyl (C=O) groups is 1. The summed E-state index contributed by atoms with van der Waals surface area (Å²) in [6.45, 7) is 3.43. The van der Waals surface area contributed by atoms with Crippen LogP contribution in [0.25, 0.3) is 5.69 Å². The van der Waals surface area contributed by atoms with Gasteiger partial charge in [-0.1, -0.05) is 54.2 Å². The highest BCUT2D eigenvalue weighted by Crippen LogP contribution is 2.24. The quantitative estimate of drug-likeness (QED) is 0.562. The number of benzene rings is 2. The van der Waals surface area contributed by atoms with E-state index in [1.807, 2.05) is 30.3 Å². The molecule has 6 nitrogen and oxygen atoms in total. The molecule has 0 saturated carbocycles. The Labute approximate surface area is 181 Å². The molecule has 2 aromatic carbocycles. The number of rotatable bonds is 8. The third-order valence-corrected chi connectivity index (χ3v) is 5.98. The van der Waals surface area contributed by atoms with Gasteiger partial charge in [-0.2, -0.15) is 0 Å². The topological polar surface area (TPSA) is 69.0 Å². The van der Waals surface area contributed by atoms with Crippen molar-refractivity contribution >= 4 is 17.7 Å². The van der Waals surface area contributed by atoms with Gasteiger partial charge in [0, 0.05) is 25.3 Å². The fraction of sp³-hybridized carbons (Fsp3) is 0.348. The van der Waals surface area contributed by atoms with Crippen LogP contribution >= 0.6 is 11.8 Å². The lowest BCUT2D eigenvalue weighted by atomic mass is 10.1. The molecular weight excluding hydrogens is 396 g/mol. The fourth-order valence-electron chi connectivity index (χ4n) is 3.53. The van der Waals surface area contributed by atoms with Gasteiger partial charge in [0.15, 0.2) is 5.16 Å². The molecule has 1 fully saturated rings. The van der Waals surface area contributed by atoms with Crippen LogP contribution in [-0.2, 0) is 16.0 Å². The van der Waals surface area contributed by atoms with Gasteiger partial charge in [-0.15, -0.1) is 10.2 Å². The van der Waals surface area contributed by atoms with E-state index in [1.165, 1.54) is 17.3 Å². The molecule has 0 bridgehead atoms. The summed E-state index contributed by atoms with van der Waals surface area (Å²) in [4.78, 5) is 12.3. The molecule has 2 heterocycles. The van der Waals surface area contributed by atoms with E-state index in [-0.39, 0.29) is 12.0 Å². The van der Waals surface area contributed by atoms with Crippen LogP contribution in [0.4, 0.5) is 0 Å². The Morgan fingerprint density at radius 3 is 2.83 bits per heavy atom. The molecule has 4 rings (SSSR count). The van der Waals surface area contributed by atoms with E-state index in [0.717, 1.165) is 41.7 Å². The Morgan fingerprint density at radius 2 is 2.07 bits per heavy atom. The first-order valence-electron chi connectivity index (χ1n) is 10.3.